The van der Waals surface area contributed by atoms with Crippen molar-refractivity contribution in [1.82, 2.24) is 10.0 Å². The number of rotatable bonds is 4. The molecule has 0 aromatic heterocycles. The van der Waals surface area contributed by atoms with E-state index >= 15 is 0 Å². The van der Waals surface area contributed by atoms with Crippen molar-refractivity contribution in [3.63, 3.8) is 0 Å². The number of aryl methyl sites for hydroxylation is 2. The van der Waals surface area contributed by atoms with E-state index in [2.05, 4.69) is 10.0 Å². The minimum absolute atomic E-state index is 0.395. The van der Waals surface area contributed by atoms with Gasteiger partial charge in [0.05, 0.1) is 4.90 Å². The Morgan fingerprint density at radius 1 is 1.26 bits per heavy atom. The van der Waals surface area contributed by atoms with Gasteiger partial charge >= 0.3 is 0 Å². The van der Waals surface area contributed by atoms with Gasteiger partial charge in [0.25, 0.3) is 0 Å². The van der Waals surface area contributed by atoms with Crippen LogP contribution in [0.1, 0.15) is 24.0 Å². The third-order valence-corrected chi connectivity index (χ3v) is 5.22. The van der Waals surface area contributed by atoms with Crippen molar-refractivity contribution in [3.8, 4) is 0 Å². The van der Waals surface area contributed by atoms with Crippen LogP contribution < -0.4 is 10.0 Å². The quantitative estimate of drug-likeness (QED) is 0.881. The van der Waals surface area contributed by atoms with Crippen molar-refractivity contribution < 1.29 is 8.42 Å². The molecular formula is C14H22N2O2S. The van der Waals surface area contributed by atoms with Crippen molar-refractivity contribution in [1.29, 1.82) is 0 Å². The van der Waals surface area contributed by atoms with E-state index in [9.17, 15) is 8.42 Å². The molecule has 0 amide bonds. The van der Waals surface area contributed by atoms with Crippen LogP contribution in [-0.2, 0) is 10.0 Å². The van der Waals surface area contributed by atoms with E-state index in [1.807, 2.05) is 26.0 Å². The molecule has 0 bridgehead atoms. The molecule has 1 aromatic rings. The van der Waals surface area contributed by atoms with Gasteiger partial charge in [-0.15, -0.1) is 0 Å². The lowest BCUT2D eigenvalue weighted by Gasteiger charge is -2.22. The molecule has 1 heterocycles. The summed E-state index contributed by atoms with van der Waals surface area (Å²) in [4.78, 5) is 0.395. The molecule has 1 fully saturated rings. The van der Waals surface area contributed by atoms with Gasteiger partial charge in [-0.05, 0) is 57.3 Å². The summed E-state index contributed by atoms with van der Waals surface area (Å²) in [5, 5.41) is 3.28. The molecule has 0 saturated carbocycles. The van der Waals surface area contributed by atoms with Gasteiger partial charge in [0.1, 0.15) is 0 Å². The van der Waals surface area contributed by atoms with Gasteiger partial charge < -0.3 is 5.32 Å². The number of sulfonamides is 1. The Labute approximate surface area is 115 Å². The van der Waals surface area contributed by atoms with Crippen LogP contribution in [0.15, 0.2) is 23.1 Å². The average Bonchev–Trinajstić information content (AvgIpc) is 2.37. The second-order valence-electron chi connectivity index (χ2n) is 5.31. The first kappa shape index (κ1) is 14.5. The van der Waals surface area contributed by atoms with Crippen LogP contribution in [0.4, 0.5) is 0 Å². The van der Waals surface area contributed by atoms with Crippen LogP contribution in [0.2, 0.25) is 0 Å². The molecule has 19 heavy (non-hydrogen) atoms. The molecule has 2 rings (SSSR count). The van der Waals surface area contributed by atoms with Crippen LogP contribution in [0.25, 0.3) is 0 Å². The van der Waals surface area contributed by atoms with Crippen molar-refractivity contribution in [2.75, 3.05) is 19.6 Å². The zero-order valence-corrected chi connectivity index (χ0v) is 12.4. The second kappa shape index (κ2) is 6.03. The highest BCUT2D eigenvalue weighted by molar-refractivity contribution is 7.89. The molecule has 106 valence electrons. The normalized spacial score (nSPS) is 17.6. The van der Waals surface area contributed by atoms with Gasteiger partial charge in [0, 0.05) is 6.54 Å². The largest absolute Gasteiger partial charge is 0.317 e. The molecule has 0 atom stereocenters. The first-order valence-electron chi connectivity index (χ1n) is 6.77. The van der Waals surface area contributed by atoms with Crippen LogP contribution in [0, 0.1) is 19.8 Å². The van der Waals surface area contributed by atoms with E-state index in [0.29, 0.717) is 17.4 Å². The Kier molecular flexibility index (Phi) is 4.60. The molecular weight excluding hydrogens is 260 g/mol. The molecule has 1 aliphatic heterocycles. The summed E-state index contributed by atoms with van der Waals surface area (Å²) in [6.07, 6.45) is 2.07. The number of nitrogens with one attached hydrogen (secondary N) is 2. The van der Waals surface area contributed by atoms with Gasteiger partial charge in [-0.3, -0.25) is 0 Å². The highest BCUT2D eigenvalue weighted by Crippen LogP contribution is 2.17. The molecule has 0 unspecified atom stereocenters. The lowest BCUT2D eigenvalue weighted by molar-refractivity contribution is 0.372. The molecule has 2 N–H and O–H groups in total. The van der Waals surface area contributed by atoms with E-state index < -0.39 is 10.0 Å². The maximum Gasteiger partial charge on any atom is 0.240 e. The third kappa shape index (κ3) is 3.78. The molecule has 1 aliphatic rings. The highest BCUT2D eigenvalue weighted by atomic mass is 32.2. The summed E-state index contributed by atoms with van der Waals surface area (Å²) in [7, 11) is -3.38. The fourth-order valence-corrected chi connectivity index (χ4v) is 3.83. The third-order valence-electron chi connectivity index (χ3n) is 3.64. The predicted molar refractivity (Wildman–Crippen MR) is 76.7 cm³/mol. The summed E-state index contributed by atoms with van der Waals surface area (Å²) < 4.78 is 27.3. The minimum atomic E-state index is -3.38. The van der Waals surface area contributed by atoms with Gasteiger partial charge in [-0.2, -0.15) is 0 Å². The summed E-state index contributed by atoms with van der Waals surface area (Å²) in [5.74, 6) is 0.446. The fourth-order valence-electron chi connectivity index (χ4n) is 2.49. The minimum Gasteiger partial charge on any atom is -0.317 e. The molecule has 5 heteroatoms. The SMILES string of the molecule is Cc1ccc(S(=O)(=O)NCC2CCNCC2)c(C)c1. The van der Waals surface area contributed by atoms with E-state index in [1.165, 1.54) is 0 Å². The first-order valence-corrected chi connectivity index (χ1v) is 8.25. The Morgan fingerprint density at radius 3 is 2.58 bits per heavy atom. The number of piperidine rings is 1. The van der Waals surface area contributed by atoms with Crippen molar-refractivity contribution in [2.24, 2.45) is 5.92 Å². The number of benzene rings is 1. The number of hydrogen-bond donors (Lipinski definition) is 2. The van der Waals surface area contributed by atoms with Gasteiger partial charge in [-0.1, -0.05) is 17.7 Å². The van der Waals surface area contributed by atoms with Gasteiger partial charge in [0.15, 0.2) is 0 Å². The van der Waals surface area contributed by atoms with E-state index in [4.69, 9.17) is 0 Å². The molecule has 0 radical (unpaired) electrons. The van der Waals surface area contributed by atoms with Gasteiger partial charge in [0.2, 0.25) is 10.0 Å². The molecule has 0 spiro atoms. The predicted octanol–water partition coefficient (Wildman–Crippen LogP) is 1.58. The van der Waals surface area contributed by atoms with Crippen LogP contribution in [0.3, 0.4) is 0 Å². The summed E-state index contributed by atoms with van der Waals surface area (Å²) >= 11 is 0. The maximum absolute atomic E-state index is 12.3. The Bertz CT molecular complexity index is 534. The second-order valence-corrected chi connectivity index (χ2v) is 7.05. The first-order chi connectivity index (χ1) is 8.99. The lowest BCUT2D eigenvalue weighted by Crippen LogP contribution is -2.36. The van der Waals surface area contributed by atoms with Crippen LogP contribution >= 0.6 is 0 Å². The van der Waals surface area contributed by atoms with Crippen LogP contribution in [-0.4, -0.2) is 28.1 Å². The van der Waals surface area contributed by atoms with Gasteiger partial charge in [-0.25, -0.2) is 13.1 Å². The molecule has 0 aliphatic carbocycles. The maximum atomic E-state index is 12.3. The molecule has 1 aromatic carbocycles. The lowest BCUT2D eigenvalue weighted by atomic mass is 9.99. The zero-order valence-electron chi connectivity index (χ0n) is 11.6. The monoisotopic (exact) mass is 282 g/mol. The molecule has 1 saturated heterocycles. The van der Waals surface area contributed by atoms with Crippen LogP contribution in [0.5, 0.6) is 0 Å². The number of hydrogen-bond acceptors (Lipinski definition) is 3. The Hall–Kier alpha value is -0.910. The highest BCUT2D eigenvalue weighted by Gasteiger charge is 2.19. The van der Waals surface area contributed by atoms with Crippen molar-refractivity contribution >= 4 is 10.0 Å². The smallest absolute Gasteiger partial charge is 0.240 e. The summed E-state index contributed by atoms with van der Waals surface area (Å²) in [6, 6.07) is 5.43. The summed E-state index contributed by atoms with van der Waals surface area (Å²) in [6.45, 7) is 6.31. The van der Waals surface area contributed by atoms with E-state index in [1.54, 1.807) is 6.07 Å². The topological polar surface area (TPSA) is 58.2 Å². The zero-order chi connectivity index (χ0) is 13.9. The van der Waals surface area contributed by atoms with E-state index in [-0.39, 0.29) is 0 Å². The average molecular weight is 282 g/mol. The Balaban J connectivity index is 2.05. The standard InChI is InChI=1S/C14H22N2O2S/c1-11-3-4-14(12(2)9-11)19(17,18)16-10-13-5-7-15-8-6-13/h3-4,9,13,15-16H,5-8,10H2,1-2H3. The molecule has 4 nitrogen and oxygen atoms in total. The fraction of sp³-hybridized carbons (Fsp3) is 0.571. The summed E-state index contributed by atoms with van der Waals surface area (Å²) in [5.41, 5.74) is 1.88. The van der Waals surface area contributed by atoms with E-state index in [0.717, 1.165) is 37.1 Å². The van der Waals surface area contributed by atoms with Crippen molar-refractivity contribution in [3.05, 3.63) is 29.3 Å². The van der Waals surface area contributed by atoms with Crippen molar-refractivity contribution in [2.45, 2.75) is 31.6 Å². The Morgan fingerprint density at radius 2 is 1.95 bits per heavy atom.